The molecule has 0 aliphatic rings. The van der Waals surface area contributed by atoms with Gasteiger partial charge in [0.15, 0.2) is 6.61 Å². The van der Waals surface area contributed by atoms with Gasteiger partial charge < -0.3 is 18.8 Å². The van der Waals surface area contributed by atoms with Gasteiger partial charge in [-0.3, -0.25) is 4.79 Å². The minimum atomic E-state index is -0.748. The van der Waals surface area contributed by atoms with Gasteiger partial charge in [-0.15, -0.1) is 0 Å². The van der Waals surface area contributed by atoms with Crippen molar-refractivity contribution < 1.29 is 23.5 Å². The van der Waals surface area contributed by atoms with Crippen molar-refractivity contribution in [3.05, 3.63) is 84.3 Å². The molecule has 3 rings (SSSR count). The highest BCUT2D eigenvalue weighted by molar-refractivity contribution is 5.96. The number of furan rings is 1. The molecular formula is C23H20N2O5. The Hall–Kier alpha value is -4.05. The number of rotatable bonds is 9. The number of esters is 1. The van der Waals surface area contributed by atoms with Crippen LogP contribution in [0.5, 0.6) is 5.75 Å². The molecule has 0 radical (unpaired) electrons. The van der Waals surface area contributed by atoms with Gasteiger partial charge in [-0.1, -0.05) is 36.4 Å². The first-order valence-electron chi connectivity index (χ1n) is 9.33. The Bertz CT molecular complexity index is 1010. The zero-order valence-corrected chi connectivity index (χ0v) is 16.2. The molecule has 0 unspecified atom stereocenters. The van der Waals surface area contributed by atoms with E-state index >= 15 is 0 Å². The number of nitriles is 1. The molecule has 7 heteroatoms. The summed E-state index contributed by atoms with van der Waals surface area (Å²) in [7, 11) is 0. The summed E-state index contributed by atoms with van der Waals surface area (Å²) in [5.74, 6) is -0.0524. The molecule has 0 atom stereocenters. The lowest BCUT2D eigenvalue weighted by Crippen LogP contribution is -2.35. The van der Waals surface area contributed by atoms with E-state index in [2.05, 4.69) is 0 Å². The number of carbonyl (C=O) groups is 2. The van der Waals surface area contributed by atoms with Crippen molar-refractivity contribution in [2.45, 2.75) is 13.0 Å². The molecule has 0 saturated carbocycles. The van der Waals surface area contributed by atoms with Crippen LogP contribution >= 0.6 is 0 Å². The topological polar surface area (TPSA) is 92.8 Å². The van der Waals surface area contributed by atoms with Crippen molar-refractivity contribution in [3.63, 3.8) is 0 Å². The van der Waals surface area contributed by atoms with Gasteiger partial charge in [-0.25, -0.2) is 4.79 Å². The first kappa shape index (κ1) is 20.7. The van der Waals surface area contributed by atoms with Crippen LogP contribution in [0.2, 0.25) is 0 Å². The Balaban J connectivity index is 1.54. The number of benzene rings is 2. The van der Waals surface area contributed by atoms with E-state index in [-0.39, 0.29) is 25.3 Å². The second kappa shape index (κ2) is 10.5. The summed E-state index contributed by atoms with van der Waals surface area (Å²) in [6.07, 6.45) is 0.164. The largest absolute Gasteiger partial charge is 0.486 e. The molecule has 1 heterocycles. The average molecular weight is 404 g/mol. The number of ether oxygens (including phenoxy) is 2. The molecule has 1 aromatic heterocycles. The fraction of sp³-hybridized carbons (Fsp3) is 0.174. The van der Waals surface area contributed by atoms with Crippen LogP contribution in [0.15, 0.2) is 77.2 Å². The lowest BCUT2D eigenvalue weighted by atomic mass is 10.2. The number of hydrogen-bond donors (Lipinski definition) is 0. The summed E-state index contributed by atoms with van der Waals surface area (Å²) < 4.78 is 16.1. The molecule has 1 amide bonds. The normalized spacial score (nSPS) is 10.1. The fourth-order valence-corrected chi connectivity index (χ4v) is 2.68. The van der Waals surface area contributed by atoms with Gasteiger partial charge in [-0.05, 0) is 36.4 Å². The van der Waals surface area contributed by atoms with E-state index in [1.807, 2.05) is 42.5 Å². The second-order valence-electron chi connectivity index (χ2n) is 6.23. The Morgan fingerprint density at radius 1 is 0.967 bits per heavy atom. The van der Waals surface area contributed by atoms with Crippen LogP contribution in [0.1, 0.15) is 22.7 Å². The van der Waals surface area contributed by atoms with Gasteiger partial charge >= 0.3 is 5.97 Å². The summed E-state index contributed by atoms with van der Waals surface area (Å²) in [4.78, 5) is 26.2. The maximum atomic E-state index is 12.5. The van der Waals surface area contributed by atoms with Crippen molar-refractivity contribution in [2.24, 2.45) is 0 Å². The minimum absolute atomic E-state index is 0.0160. The first-order chi connectivity index (χ1) is 14.7. The van der Waals surface area contributed by atoms with Crippen LogP contribution in [-0.2, 0) is 16.1 Å². The minimum Gasteiger partial charge on any atom is -0.486 e. The van der Waals surface area contributed by atoms with Gasteiger partial charge in [0.05, 0.1) is 12.5 Å². The zero-order chi connectivity index (χ0) is 21.2. The van der Waals surface area contributed by atoms with Gasteiger partial charge in [0.1, 0.15) is 18.1 Å². The zero-order valence-electron chi connectivity index (χ0n) is 16.2. The second-order valence-corrected chi connectivity index (χ2v) is 6.23. The first-order valence-corrected chi connectivity index (χ1v) is 9.33. The van der Waals surface area contributed by atoms with Crippen LogP contribution in [0.25, 0.3) is 0 Å². The lowest BCUT2D eigenvalue weighted by Gasteiger charge is -2.21. The predicted molar refractivity (Wildman–Crippen MR) is 109 cm³/mol. The molecule has 2 aromatic carbocycles. The van der Waals surface area contributed by atoms with E-state index in [1.165, 1.54) is 11.0 Å². The van der Waals surface area contributed by atoms with Crippen LogP contribution in [0.3, 0.4) is 0 Å². The molecule has 30 heavy (non-hydrogen) atoms. The number of carbonyl (C=O) groups excluding carboxylic acids is 2. The van der Waals surface area contributed by atoms with Crippen molar-refractivity contribution in [3.8, 4) is 11.8 Å². The summed E-state index contributed by atoms with van der Waals surface area (Å²) in [6.45, 7) is -0.0967. The Morgan fingerprint density at radius 3 is 2.37 bits per heavy atom. The third-order valence-electron chi connectivity index (χ3n) is 4.13. The van der Waals surface area contributed by atoms with Crippen LogP contribution in [0.4, 0.5) is 5.69 Å². The quantitative estimate of drug-likeness (QED) is 0.501. The Kier molecular flexibility index (Phi) is 7.23. The molecule has 3 aromatic rings. The van der Waals surface area contributed by atoms with Crippen LogP contribution in [-0.4, -0.2) is 25.0 Å². The summed E-state index contributed by atoms with van der Waals surface area (Å²) in [5.41, 5.74) is 0.632. The van der Waals surface area contributed by atoms with Gasteiger partial charge in [0, 0.05) is 12.2 Å². The third-order valence-corrected chi connectivity index (χ3v) is 4.13. The van der Waals surface area contributed by atoms with E-state index in [0.29, 0.717) is 17.2 Å². The number of nitrogens with zero attached hydrogens (tertiary/aromatic N) is 2. The number of amides is 1. The molecule has 0 N–H and O–H groups in total. The smallest absolute Gasteiger partial charge is 0.374 e. The molecule has 7 nitrogen and oxygen atoms in total. The molecular weight excluding hydrogens is 384 g/mol. The van der Waals surface area contributed by atoms with Gasteiger partial charge in [0.25, 0.3) is 5.91 Å². The van der Waals surface area contributed by atoms with E-state index in [1.54, 1.807) is 30.3 Å². The van der Waals surface area contributed by atoms with E-state index < -0.39 is 18.5 Å². The fourth-order valence-electron chi connectivity index (χ4n) is 2.68. The lowest BCUT2D eigenvalue weighted by molar-refractivity contribution is -0.121. The summed E-state index contributed by atoms with van der Waals surface area (Å²) in [5, 5.41) is 8.83. The van der Waals surface area contributed by atoms with E-state index in [4.69, 9.17) is 19.2 Å². The molecule has 0 fully saturated rings. The molecule has 0 aliphatic heterocycles. The van der Waals surface area contributed by atoms with Gasteiger partial charge in [0.2, 0.25) is 5.76 Å². The van der Waals surface area contributed by atoms with Crippen LogP contribution < -0.4 is 9.64 Å². The summed E-state index contributed by atoms with van der Waals surface area (Å²) in [6, 6.07) is 23.2. The highest BCUT2D eigenvalue weighted by Crippen LogP contribution is 2.16. The summed E-state index contributed by atoms with van der Waals surface area (Å²) >= 11 is 0. The maximum absolute atomic E-state index is 12.5. The van der Waals surface area contributed by atoms with Crippen molar-refractivity contribution in [1.82, 2.24) is 0 Å². The number of hydrogen-bond acceptors (Lipinski definition) is 6. The third kappa shape index (κ3) is 5.72. The monoisotopic (exact) mass is 404 g/mol. The van der Waals surface area contributed by atoms with Crippen molar-refractivity contribution in [2.75, 3.05) is 18.1 Å². The van der Waals surface area contributed by atoms with Crippen molar-refractivity contribution in [1.29, 1.82) is 5.26 Å². The van der Waals surface area contributed by atoms with E-state index in [0.717, 1.165) is 0 Å². The maximum Gasteiger partial charge on any atom is 0.374 e. The standard InChI is InChI=1S/C23H20N2O5/c24-14-7-15-25(18-8-3-1-4-9-18)22(26)17-29-23(27)21-13-12-20(30-21)16-28-19-10-5-2-6-11-19/h1-6,8-13H,7,15-17H2. The Morgan fingerprint density at radius 2 is 1.67 bits per heavy atom. The molecule has 0 aliphatic carbocycles. The molecule has 152 valence electrons. The average Bonchev–Trinajstić information content (AvgIpc) is 3.27. The number of anilines is 1. The molecule has 0 spiro atoms. The SMILES string of the molecule is N#CCCN(C(=O)COC(=O)c1ccc(COc2ccccc2)o1)c1ccccc1. The highest BCUT2D eigenvalue weighted by atomic mass is 16.6. The van der Waals surface area contributed by atoms with Crippen molar-refractivity contribution >= 4 is 17.6 Å². The number of para-hydroxylation sites is 2. The highest BCUT2D eigenvalue weighted by Gasteiger charge is 2.19. The molecule has 0 bridgehead atoms. The predicted octanol–water partition coefficient (Wildman–Crippen LogP) is 3.96. The molecule has 0 saturated heterocycles. The Labute approximate surface area is 174 Å². The van der Waals surface area contributed by atoms with E-state index in [9.17, 15) is 9.59 Å². The van der Waals surface area contributed by atoms with Gasteiger partial charge in [-0.2, -0.15) is 5.26 Å². The van der Waals surface area contributed by atoms with Crippen LogP contribution in [0, 0.1) is 11.3 Å².